The van der Waals surface area contributed by atoms with Gasteiger partial charge in [-0.05, 0) is 12.1 Å². The molecule has 0 atom stereocenters. The Balaban J connectivity index is 1.88. The molecule has 0 bridgehead atoms. The predicted molar refractivity (Wildman–Crippen MR) is 89.9 cm³/mol. The molecule has 1 aromatic heterocycles. The maximum absolute atomic E-state index is 14.1. The molecule has 1 heterocycles. The number of carbonyl (C=O) groups excluding carboxylic acids is 1. The molecule has 0 N–H and O–H groups in total. The SMILES string of the molecule is CN(C)C(=O)Oc1c(F)c(F)c(OCc2nc3ccccc3s2)c(F)c1F. The van der Waals surface area contributed by atoms with Crippen LogP contribution in [0.25, 0.3) is 10.2 Å². The number of halogens is 4. The van der Waals surface area contributed by atoms with E-state index in [1.807, 2.05) is 0 Å². The zero-order chi connectivity index (χ0) is 19.7. The van der Waals surface area contributed by atoms with E-state index in [1.165, 1.54) is 25.4 Å². The van der Waals surface area contributed by atoms with Crippen molar-refractivity contribution in [1.29, 1.82) is 0 Å². The van der Waals surface area contributed by atoms with Crippen LogP contribution in [0.3, 0.4) is 0 Å². The minimum Gasteiger partial charge on any atom is -0.480 e. The zero-order valence-corrected chi connectivity index (χ0v) is 14.9. The number of hydrogen-bond acceptors (Lipinski definition) is 5. The summed E-state index contributed by atoms with van der Waals surface area (Å²) in [6, 6.07) is 7.10. The van der Waals surface area contributed by atoms with Crippen LogP contribution in [0.5, 0.6) is 11.5 Å². The summed E-state index contributed by atoms with van der Waals surface area (Å²) in [6.45, 7) is -0.400. The molecule has 0 saturated carbocycles. The van der Waals surface area contributed by atoms with Gasteiger partial charge in [-0.1, -0.05) is 12.1 Å². The normalized spacial score (nSPS) is 10.9. The molecule has 3 rings (SSSR count). The minimum atomic E-state index is -1.87. The van der Waals surface area contributed by atoms with Crippen LogP contribution in [0.2, 0.25) is 0 Å². The highest BCUT2D eigenvalue weighted by Crippen LogP contribution is 2.35. The molecule has 0 aliphatic heterocycles. The third kappa shape index (κ3) is 3.65. The van der Waals surface area contributed by atoms with Crippen molar-refractivity contribution in [1.82, 2.24) is 9.88 Å². The number of ether oxygens (including phenoxy) is 2. The van der Waals surface area contributed by atoms with Crippen molar-refractivity contribution in [3.63, 3.8) is 0 Å². The molecular formula is C17H12F4N2O3S. The van der Waals surface area contributed by atoms with Crippen molar-refractivity contribution in [2.75, 3.05) is 14.1 Å². The Morgan fingerprint density at radius 3 is 2.22 bits per heavy atom. The highest BCUT2D eigenvalue weighted by atomic mass is 32.1. The molecule has 142 valence electrons. The van der Waals surface area contributed by atoms with Crippen molar-refractivity contribution < 1.29 is 31.8 Å². The number of carbonyl (C=O) groups is 1. The van der Waals surface area contributed by atoms with E-state index in [2.05, 4.69) is 9.72 Å². The quantitative estimate of drug-likeness (QED) is 0.478. The van der Waals surface area contributed by atoms with Crippen LogP contribution >= 0.6 is 11.3 Å². The number of aromatic nitrogens is 1. The van der Waals surface area contributed by atoms with Gasteiger partial charge in [-0.3, -0.25) is 0 Å². The number of rotatable bonds is 4. The van der Waals surface area contributed by atoms with Crippen molar-refractivity contribution in [3.05, 3.63) is 52.5 Å². The number of benzene rings is 2. The number of hydrogen-bond donors (Lipinski definition) is 0. The molecular weight excluding hydrogens is 388 g/mol. The van der Waals surface area contributed by atoms with Gasteiger partial charge >= 0.3 is 6.09 Å². The van der Waals surface area contributed by atoms with Gasteiger partial charge in [-0.15, -0.1) is 11.3 Å². The van der Waals surface area contributed by atoms with Crippen LogP contribution < -0.4 is 9.47 Å². The fraction of sp³-hybridized carbons (Fsp3) is 0.176. The van der Waals surface area contributed by atoms with E-state index in [4.69, 9.17) is 4.74 Å². The molecule has 0 aliphatic carbocycles. The van der Waals surface area contributed by atoms with Gasteiger partial charge in [0.1, 0.15) is 11.6 Å². The lowest BCUT2D eigenvalue weighted by atomic mass is 10.2. The topological polar surface area (TPSA) is 51.7 Å². The van der Waals surface area contributed by atoms with E-state index in [0.29, 0.717) is 10.5 Å². The molecule has 3 aromatic rings. The Kier molecular flexibility index (Phi) is 5.17. The van der Waals surface area contributed by atoms with Gasteiger partial charge in [-0.2, -0.15) is 17.6 Å². The molecule has 5 nitrogen and oxygen atoms in total. The van der Waals surface area contributed by atoms with Crippen LogP contribution in [0, 0.1) is 23.3 Å². The lowest BCUT2D eigenvalue weighted by Crippen LogP contribution is -2.26. The second-order valence-corrected chi connectivity index (χ2v) is 6.66. The predicted octanol–water partition coefficient (Wildman–Crippen LogP) is 4.49. The molecule has 0 saturated heterocycles. The molecule has 0 unspecified atom stereocenters. The summed E-state index contributed by atoms with van der Waals surface area (Å²) >= 11 is 1.21. The largest absolute Gasteiger partial charge is 0.480 e. The summed E-state index contributed by atoms with van der Waals surface area (Å²) < 4.78 is 66.5. The smallest absolute Gasteiger partial charge is 0.414 e. The van der Waals surface area contributed by atoms with E-state index >= 15 is 0 Å². The Morgan fingerprint density at radius 2 is 1.63 bits per heavy atom. The van der Waals surface area contributed by atoms with Crippen LogP contribution in [0.4, 0.5) is 22.4 Å². The van der Waals surface area contributed by atoms with Crippen LogP contribution in [0.15, 0.2) is 24.3 Å². The summed E-state index contributed by atoms with van der Waals surface area (Å²) in [5, 5.41) is 0.360. The third-order valence-corrected chi connectivity index (χ3v) is 4.43. The minimum absolute atomic E-state index is 0.360. The maximum Gasteiger partial charge on any atom is 0.414 e. The number of fused-ring (bicyclic) bond motifs is 1. The summed E-state index contributed by atoms with van der Waals surface area (Å²) in [4.78, 5) is 16.4. The fourth-order valence-electron chi connectivity index (χ4n) is 2.10. The van der Waals surface area contributed by atoms with Gasteiger partial charge in [0.15, 0.2) is 5.75 Å². The van der Waals surface area contributed by atoms with Gasteiger partial charge in [0.2, 0.25) is 29.0 Å². The second-order valence-electron chi connectivity index (χ2n) is 5.54. The molecule has 1 amide bonds. The Labute approximate surface area is 154 Å². The van der Waals surface area contributed by atoms with E-state index in [9.17, 15) is 22.4 Å². The van der Waals surface area contributed by atoms with Crippen LogP contribution in [0.1, 0.15) is 5.01 Å². The fourth-order valence-corrected chi connectivity index (χ4v) is 2.98. The monoisotopic (exact) mass is 400 g/mol. The first kappa shape index (κ1) is 18.9. The van der Waals surface area contributed by atoms with E-state index in [1.54, 1.807) is 24.3 Å². The second kappa shape index (κ2) is 7.39. The summed E-state index contributed by atoms with van der Waals surface area (Å²) in [7, 11) is 2.47. The van der Waals surface area contributed by atoms with Gasteiger partial charge in [0, 0.05) is 14.1 Å². The number of thiazole rings is 1. The molecule has 2 aromatic carbocycles. The number of nitrogens with zero attached hydrogens (tertiary/aromatic N) is 2. The molecule has 0 spiro atoms. The van der Waals surface area contributed by atoms with Gasteiger partial charge in [0.05, 0.1) is 10.2 Å². The lowest BCUT2D eigenvalue weighted by molar-refractivity contribution is 0.165. The number of amides is 1. The van der Waals surface area contributed by atoms with Gasteiger partial charge < -0.3 is 14.4 Å². The van der Waals surface area contributed by atoms with Crippen molar-refractivity contribution in [2.24, 2.45) is 0 Å². The van der Waals surface area contributed by atoms with E-state index in [0.717, 1.165) is 9.60 Å². The summed E-state index contributed by atoms with van der Waals surface area (Å²) in [5.74, 6) is -10.1. The van der Waals surface area contributed by atoms with Crippen LogP contribution in [-0.4, -0.2) is 30.1 Å². The Morgan fingerprint density at radius 1 is 1.04 bits per heavy atom. The molecule has 10 heteroatoms. The standard InChI is InChI=1S/C17H12F4N2O3S/c1-23(2)17(24)26-16-13(20)11(18)15(12(19)14(16)21)25-7-10-22-8-5-3-4-6-9(8)27-10/h3-6H,7H2,1-2H3. The zero-order valence-electron chi connectivity index (χ0n) is 14.1. The first-order valence-electron chi connectivity index (χ1n) is 7.52. The van der Waals surface area contributed by atoms with Gasteiger partial charge in [0.25, 0.3) is 0 Å². The molecule has 0 radical (unpaired) electrons. The lowest BCUT2D eigenvalue weighted by Gasteiger charge is -2.14. The van der Waals surface area contributed by atoms with Crippen molar-refractivity contribution in [3.8, 4) is 11.5 Å². The van der Waals surface area contributed by atoms with Crippen molar-refractivity contribution >= 4 is 27.6 Å². The highest BCUT2D eigenvalue weighted by Gasteiger charge is 2.30. The first-order chi connectivity index (χ1) is 12.8. The van der Waals surface area contributed by atoms with Gasteiger partial charge in [-0.25, -0.2) is 9.78 Å². The maximum atomic E-state index is 14.1. The third-order valence-electron chi connectivity index (χ3n) is 3.42. The average molecular weight is 400 g/mol. The van der Waals surface area contributed by atoms with E-state index in [-0.39, 0.29) is 0 Å². The first-order valence-corrected chi connectivity index (χ1v) is 8.33. The average Bonchev–Trinajstić information content (AvgIpc) is 3.06. The number of para-hydroxylation sites is 1. The summed E-state index contributed by atoms with van der Waals surface area (Å²) in [5.41, 5.74) is 0.658. The van der Waals surface area contributed by atoms with Crippen molar-refractivity contribution in [2.45, 2.75) is 6.61 Å². The Hall–Kier alpha value is -2.88. The van der Waals surface area contributed by atoms with Crippen LogP contribution in [-0.2, 0) is 6.61 Å². The molecule has 0 fully saturated rings. The highest BCUT2D eigenvalue weighted by molar-refractivity contribution is 7.18. The Bertz CT molecular complexity index is 961. The summed E-state index contributed by atoms with van der Waals surface area (Å²) in [6.07, 6.45) is -1.20. The molecule has 0 aliphatic rings. The van der Waals surface area contributed by atoms with E-state index < -0.39 is 47.5 Å². The molecule has 27 heavy (non-hydrogen) atoms.